The number of hydrogen-bond donors (Lipinski definition) is 0. The van der Waals surface area contributed by atoms with Crippen molar-refractivity contribution in [3.8, 4) is 0 Å². The summed E-state index contributed by atoms with van der Waals surface area (Å²) in [6.07, 6.45) is 0. The second kappa shape index (κ2) is 5.22. The molecule has 0 aliphatic rings. The smallest absolute Gasteiger partial charge is 0.264 e. The van der Waals surface area contributed by atoms with Crippen LogP contribution in [0.2, 0.25) is 0 Å². The first-order valence-electron chi connectivity index (χ1n) is 6.24. The standard InChI is InChI=1S/C14H17ClN2O2S/c1-9-5-10(2)7-13(6-9)8-17-12(4)14(11(3)16-17)20(15,18)19/h5-7H,8H2,1-4H3. The van der Waals surface area contributed by atoms with Gasteiger partial charge in [0.1, 0.15) is 4.90 Å². The molecule has 6 heteroatoms. The van der Waals surface area contributed by atoms with Crippen molar-refractivity contribution in [3.05, 3.63) is 46.3 Å². The summed E-state index contributed by atoms with van der Waals surface area (Å²) in [5, 5.41) is 4.28. The van der Waals surface area contributed by atoms with E-state index in [1.165, 1.54) is 11.1 Å². The maximum atomic E-state index is 11.6. The SMILES string of the molecule is Cc1cc(C)cc(Cn2nc(C)c(S(=O)(=O)Cl)c2C)c1. The maximum Gasteiger partial charge on any atom is 0.264 e. The quantitative estimate of drug-likeness (QED) is 0.818. The minimum atomic E-state index is -3.76. The highest BCUT2D eigenvalue weighted by molar-refractivity contribution is 8.13. The average molecular weight is 313 g/mol. The van der Waals surface area contributed by atoms with Gasteiger partial charge in [-0.1, -0.05) is 29.3 Å². The zero-order valence-corrected chi connectivity index (χ0v) is 13.5. The van der Waals surface area contributed by atoms with Gasteiger partial charge < -0.3 is 0 Å². The number of aromatic nitrogens is 2. The van der Waals surface area contributed by atoms with Crippen LogP contribution in [0.3, 0.4) is 0 Å². The van der Waals surface area contributed by atoms with Crippen LogP contribution in [0.15, 0.2) is 23.1 Å². The molecule has 0 bridgehead atoms. The van der Waals surface area contributed by atoms with Gasteiger partial charge >= 0.3 is 0 Å². The van der Waals surface area contributed by atoms with Gasteiger partial charge in [0.05, 0.1) is 17.9 Å². The van der Waals surface area contributed by atoms with Crippen molar-refractivity contribution in [2.45, 2.75) is 39.1 Å². The van der Waals surface area contributed by atoms with Crippen LogP contribution in [0.4, 0.5) is 0 Å². The Balaban J connectivity index is 2.45. The molecule has 0 saturated carbocycles. The fraction of sp³-hybridized carbons (Fsp3) is 0.357. The molecule has 1 heterocycles. The highest BCUT2D eigenvalue weighted by Crippen LogP contribution is 2.24. The number of aryl methyl sites for hydroxylation is 3. The summed E-state index contributed by atoms with van der Waals surface area (Å²) < 4.78 is 24.8. The zero-order chi connectivity index (χ0) is 15.1. The van der Waals surface area contributed by atoms with Gasteiger partial charge in [-0.15, -0.1) is 0 Å². The van der Waals surface area contributed by atoms with Gasteiger partial charge in [0.15, 0.2) is 0 Å². The number of hydrogen-bond acceptors (Lipinski definition) is 3. The summed E-state index contributed by atoms with van der Waals surface area (Å²) in [6.45, 7) is 7.97. The van der Waals surface area contributed by atoms with Crippen LogP contribution in [0.5, 0.6) is 0 Å². The molecule has 108 valence electrons. The van der Waals surface area contributed by atoms with Crippen molar-refractivity contribution >= 4 is 19.7 Å². The average Bonchev–Trinajstić information content (AvgIpc) is 2.51. The van der Waals surface area contributed by atoms with E-state index >= 15 is 0 Å². The lowest BCUT2D eigenvalue weighted by molar-refractivity contribution is 0.607. The Morgan fingerprint density at radius 2 is 1.65 bits per heavy atom. The third-order valence-electron chi connectivity index (χ3n) is 3.17. The lowest BCUT2D eigenvalue weighted by Gasteiger charge is -2.07. The highest BCUT2D eigenvalue weighted by atomic mass is 35.7. The van der Waals surface area contributed by atoms with E-state index in [0.717, 1.165) is 5.56 Å². The van der Waals surface area contributed by atoms with Crippen molar-refractivity contribution < 1.29 is 8.42 Å². The Bertz CT molecular complexity index is 743. The topological polar surface area (TPSA) is 52.0 Å². The Morgan fingerprint density at radius 1 is 1.10 bits per heavy atom. The van der Waals surface area contributed by atoms with E-state index in [1.807, 2.05) is 13.8 Å². The van der Waals surface area contributed by atoms with Gasteiger partial charge in [0, 0.05) is 10.7 Å². The minimum Gasteiger partial charge on any atom is -0.264 e. The molecule has 0 aliphatic heterocycles. The Morgan fingerprint density at radius 3 is 2.10 bits per heavy atom. The number of rotatable bonds is 3. The summed E-state index contributed by atoms with van der Waals surface area (Å²) in [6, 6.07) is 6.23. The number of benzene rings is 1. The molecule has 2 aromatic rings. The van der Waals surface area contributed by atoms with E-state index in [2.05, 4.69) is 23.3 Å². The van der Waals surface area contributed by atoms with Crippen molar-refractivity contribution in [1.82, 2.24) is 9.78 Å². The molecule has 0 fully saturated rings. The fourth-order valence-corrected chi connectivity index (χ4v) is 4.04. The summed E-state index contributed by atoms with van der Waals surface area (Å²) >= 11 is 0. The van der Waals surface area contributed by atoms with Crippen LogP contribution in [0.1, 0.15) is 28.1 Å². The van der Waals surface area contributed by atoms with Gasteiger partial charge in [-0.25, -0.2) is 8.42 Å². The van der Waals surface area contributed by atoms with E-state index in [4.69, 9.17) is 10.7 Å². The predicted octanol–water partition coefficient (Wildman–Crippen LogP) is 3.09. The molecule has 0 amide bonds. The summed E-state index contributed by atoms with van der Waals surface area (Å²) in [4.78, 5) is 0.114. The van der Waals surface area contributed by atoms with Crippen LogP contribution < -0.4 is 0 Å². The maximum absolute atomic E-state index is 11.6. The summed E-state index contributed by atoms with van der Waals surface area (Å²) in [5.74, 6) is 0. The van der Waals surface area contributed by atoms with E-state index in [9.17, 15) is 8.42 Å². The molecule has 0 spiro atoms. The molecule has 0 aliphatic carbocycles. The molecule has 0 radical (unpaired) electrons. The van der Waals surface area contributed by atoms with Crippen molar-refractivity contribution in [2.75, 3.05) is 0 Å². The largest absolute Gasteiger partial charge is 0.264 e. The molecule has 1 aromatic heterocycles. The third-order valence-corrected chi connectivity index (χ3v) is 4.71. The summed E-state index contributed by atoms with van der Waals surface area (Å²) in [5.41, 5.74) is 4.43. The second-order valence-electron chi connectivity index (χ2n) is 5.09. The Kier molecular flexibility index (Phi) is 3.93. The van der Waals surface area contributed by atoms with E-state index in [1.54, 1.807) is 18.5 Å². The molecule has 0 unspecified atom stereocenters. The van der Waals surface area contributed by atoms with Crippen LogP contribution in [-0.4, -0.2) is 18.2 Å². The third kappa shape index (κ3) is 3.04. The molecule has 1 aromatic carbocycles. The van der Waals surface area contributed by atoms with Crippen molar-refractivity contribution in [1.29, 1.82) is 0 Å². The fourth-order valence-electron chi connectivity index (χ4n) is 2.52. The van der Waals surface area contributed by atoms with Gasteiger partial charge in [0.25, 0.3) is 9.05 Å². The van der Waals surface area contributed by atoms with E-state index in [-0.39, 0.29) is 4.90 Å². The molecule has 4 nitrogen and oxygen atoms in total. The molecule has 0 saturated heterocycles. The monoisotopic (exact) mass is 312 g/mol. The second-order valence-corrected chi connectivity index (χ2v) is 7.59. The lowest BCUT2D eigenvalue weighted by Crippen LogP contribution is -2.05. The number of nitrogens with zero attached hydrogens (tertiary/aromatic N) is 2. The highest BCUT2D eigenvalue weighted by Gasteiger charge is 2.22. The van der Waals surface area contributed by atoms with Crippen LogP contribution in [0, 0.1) is 27.7 Å². The Hall–Kier alpha value is -1.33. The molecule has 20 heavy (non-hydrogen) atoms. The predicted molar refractivity (Wildman–Crippen MR) is 79.8 cm³/mol. The summed E-state index contributed by atoms with van der Waals surface area (Å²) in [7, 11) is 1.69. The molecular formula is C14H17ClN2O2S. The first kappa shape index (κ1) is 15.1. The van der Waals surface area contributed by atoms with Crippen LogP contribution in [0.25, 0.3) is 0 Å². The first-order chi connectivity index (χ1) is 9.18. The van der Waals surface area contributed by atoms with E-state index in [0.29, 0.717) is 17.9 Å². The van der Waals surface area contributed by atoms with E-state index < -0.39 is 9.05 Å². The number of halogens is 1. The molecule has 2 rings (SSSR count). The first-order valence-corrected chi connectivity index (χ1v) is 8.55. The van der Waals surface area contributed by atoms with Crippen LogP contribution >= 0.6 is 10.7 Å². The lowest BCUT2D eigenvalue weighted by atomic mass is 10.1. The minimum absolute atomic E-state index is 0.114. The van der Waals surface area contributed by atoms with Crippen molar-refractivity contribution in [3.63, 3.8) is 0 Å². The Labute approximate surface area is 123 Å². The molecular weight excluding hydrogens is 296 g/mol. The zero-order valence-electron chi connectivity index (χ0n) is 11.9. The molecule has 0 atom stereocenters. The van der Waals surface area contributed by atoms with Gasteiger partial charge in [0.2, 0.25) is 0 Å². The molecule has 0 N–H and O–H groups in total. The van der Waals surface area contributed by atoms with Crippen LogP contribution in [-0.2, 0) is 15.6 Å². The van der Waals surface area contributed by atoms with Gasteiger partial charge in [-0.05, 0) is 33.3 Å². The van der Waals surface area contributed by atoms with Gasteiger partial charge in [-0.3, -0.25) is 4.68 Å². The van der Waals surface area contributed by atoms with Gasteiger partial charge in [-0.2, -0.15) is 5.10 Å². The normalized spacial score (nSPS) is 11.8. The van der Waals surface area contributed by atoms with Crippen molar-refractivity contribution in [2.24, 2.45) is 0 Å².